The van der Waals surface area contributed by atoms with E-state index in [1.165, 1.54) is 27.7 Å². The van der Waals surface area contributed by atoms with Crippen molar-refractivity contribution in [2.75, 3.05) is 6.54 Å². The van der Waals surface area contributed by atoms with E-state index >= 15 is 0 Å². The number of hydrogen-bond acceptors (Lipinski definition) is 3. The molecular formula is C18H19FN2O3. The molecule has 0 radical (unpaired) electrons. The van der Waals surface area contributed by atoms with E-state index in [-0.39, 0.29) is 36.4 Å². The smallest absolute Gasteiger partial charge is 0.251 e. The van der Waals surface area contributed by atoms with Crippen molar-refractivity contribution >= 4 is 5.91 Å². The number of β-amino-alcohol motifs (C(OH)–C–C–N with tert-alkyl or cyclic N) is 1. The van der Waals surface area contributed by atoms with Gasteiger partial charge in [-0.25, -0.2) is 4.39 Å². The van der Waals surface area contributed by atoms with Gasteiger partial charge in [-0.05, 0) is 42.7 Å². The summed E-state index contributed by atoms with van der Waals surface area (Å²) in [5.41, 5.74) is 1.24. The van der Waals surface area contributed by atoms with Crippen LogP contribution in [-0.4, -0.2) is 33.1 Å². The molecule has 2 aromatic rings. The average molecular weight is 330 g/mol. The van der Waals surface area contributed by atoms with Gasteiger partial charge in [0.25, 0.3) is 5.56 Å². The maximum Gasteiger partial charge on any atom is 0.251 e. The van der Waals surface area contributed by atoms with E-state index < -0.39 is 6.10 Å². The van der Waals surface area contributed by atoms with Gasteiger partial charge in [0.2, 0.25) is 5.91 Å². The molecule has 6 heteroatoms. The van der Waals surface area contributed by atoms with Crippen LogP contribution in [0.2, 0.25) is 0 Å². The number of aromatic nitrogens is 1. The maximum atomic E-state index is 13.5. The number of rotatable bonds is 3. The molecule has 1 saturated heterocycles. The molecule has 1 N–H and O–H groups in total. The van der Waals surface area contributed by atoms with Gasteiger partial charge in [0.1, 0.15) is 12.4 Å². The number of hydrogen-bond donors (Lipinski definition) is 1. The highest BCUT2D eigenvalue weighted by Gasteiger charge is 2.35. The molecule has 126 valence electrons. The third kappa shape index (κ3) is 3.38. The summed E-state index contributed by atoms with van der Waals surface area (Å²) in [7, 11) is 0. The van der Waals surface area contributed by atoms with Gasteiger partial charge in [-0.15, -0.1) is 0 Å². The van der Waals surface area contributed by atoms with Crippen molar-refractivity contribution in [2.24, 2.45) is 0 Å². The summed E-state index contributed by atoms with van der Waals surface area (Å²) in [6.07, 6.45) is 1.29. The Hall–Kier alpha value is -2.47. The Labute approximate surface area is 139 Å². The molecule has 24 heavy (non-hydrogen) atoms. The fourth-order valence-electron chi connectivity index (χ4n) is 3.09. The van der Waals surface area contributed by atoms with Gasteiger partial charge in [0.15, 0.2) is 0 Å². The number of aliphatic hydroxyl groups is 1. The van der Waals surface area contributed by atoms with Gasteiger partial charge >= 0.3 is 0 Å². The molecule has 0 saturated carbocycles. The number of amides is 1. The summed E-state index contributed by atoms with van der Waals surface area (Å²) in [6, 6.07) is 8.89. The number of aliphatic hydroxyl groups excluding tert-OH is 1. The normalized spacial score (nSPS) is 20.4. The number of likely N-dealkylation sites (tertiary alicyclic amines) is 1. The number of carbonyl (C=O) groups excluding carboxylic acids is 1. The van der Waals surface area contributed by atoms with Crippen LogP contribution in [0.4, 0.5) is 4.39 Å². The van der Waals surface area contributed by atoms with Crippen molar-refractivity contribution in [3.05, 3.63) is 69.9 Å². The highest BCUT2D eigenvalue weighted by atomic mass is 19.1. The topological polar surface area (TPSA) is 62.5 Å². The van der Waals surface area contributed by atoms with Crippen LogP contribution in [0.25, 0.3) is 0 Å². The van der Waals surface area contributed by atoms with Crippen LogP contribution in [0.5, 0.6) is 0 Å². The third-order valence-corrected chi connectivity index (χ3v) is 4.29. The molecule has 5 nitrogen and oxygen atoms in total. The molecule has 1 aliphatic rings. The van der Waals surface area contributed by atoms with Gasteiger partial charge in [-0.1, -0.05) is 12.1 Å². The molecule has 0 bridgehead atoms. The Bertz CT molecular complexity index is 818. The van der Waals surface area contributed by atoms with Crippen molar-refractivity contribution in [1.29, 1.82) is 0 Å². The van der Waals surface area contributed by atoms with Gasteiger partial charge < -0.3 is 14.6 Å². The summed E-state index contributed by atoms with van der Waals surface area (Å²) >= 11 is 0. The lowest BCUT2D eigenvalue weighted by Gasteiger charge is -2.25. The van der Waals surface area contributed by atoms with E-state index in [9.17, 15) is 19.1 Å². The van der Waals surface area contributed by atoms with Gasteiger partial charge in [-0.3, -0.25) is 9.59 Å². The van der Waals surface area contributed by atoms with Crippen molar-refractivity contribution in [1.82, 2.24) is 9.47 Å². The number of pyridine rings is 1. The lowest BCUT2D eigenvalue weighted by Crippen LogP contribution is -2.36. The molecule has 1 fully saturated rings. The van der Waals surface area contributed by atoms with E-state index in [4.69, 9.17) is 0 Å². The van der Waals surface area contributed by atoms with E-state index in [2.05, 4.69) is 0 Å². The minimum atomic E-state index is -0.656. The first-order valence-corrected chi connectivity index (χ1v) is 7.84. The second-order valence-electron chi connectivity index (χ2n) is 6.18. The minimum Gasteiger partial charge on any atom is -0.391 e. The number of carbonyl (C=O) groups is 1. The molecule has 1 aromatic heterocycles. The minimum absolute atomic E-state index is 0.0996. The Morgan fingerprint density at radius 2 is 2.12 bits per heavy atom. The highest BCUT2D eigenvalue weighted by Crippen LogP contribution is 2.32. The molecule has 0 aliphatic carbocycles. The van der Waals surface area contributed by atoms with Crippen LogP contribution in [0.1, 0.15) is 23.6 Å². The molecule has 3 rings (SSSR count). The van der Waals surface area contributed by atoms with Crippen molar-refractivity contribution in [3.63, 3.8) is 0 Å². The van der Waals surface area contributed by atoms with Crippen LogP contribution >= 0.6 is 0 Å². The summed E-state index contributed by atoms with van der Waals surface area (Å²) < 4.78 is 14.8. The monoisotopic (exact) mass is 330 g/mol. The molecule has 1 amide bonds. The molecule has 0 spiro atoms. The Morgan fingerprint density at radius 1 is 1.33 bits per heavy atom. The van der Waals surface area contributed by atoms with E-state index in [0.29, 0.717) is 12.0 Å². The standard InChI is InChI=1S/C18H19FN2O3/c1-12-5-6-20(17(23)7-12)11-18(24)21-10-15(22)9-16(21)13-3-2-4-14(19)8-13/h2-8,15-16,22H,9-11H2,1H3/t15-,16-/m1/s1. The zero-order valence-electron chi connectivity index (χ0n) is 13.4. The first-order chi connectivity index (χ1) is 11.4. The van der Waals surface area contributed by atoms with E-state index in [1.54, 1.807) is 24.4 Å². The number of benzene rings is 1. The molecule has 2 atom stereocenters. The van der Waals surface area contributed by atoms with Crippen molar-refractivity contribution in [2.45, 2.75) is 32.0 Å². The van der Waals surface area contributed by atoms with Crippen LogP contribution in [0.15, 0.2) is 47.4 Å². The zero-order chi connectivity index (χ0) is 17.3. The predicted molar refractivity (Wildman–Crippen MR) is 86.9 cm³/mol. The Kier molecular flexibility index (Phi) is 4.49. The van der Waals surface area contributed by atoms with Crippen LogP contribution in [0.3, 0.4) is 0 Å². The molecule has 2 heterocycles. The zero-order valence-corrected chi connectivity index (χ0v) is 13.4. The van der Waals surface area contributed by atoms with Crippen molar-refractivity contribution < 1.29 is 14.3 Å². The predicted octanol–water partition coefficient (Wildman–Crippen LogP) is 1.63. The van der Waals surface area contributed by atoms with Gasteiger partial charge in [-0.2, -0.15) is 0 Å². The second kappa shape index (κ2) is 6.57. The van der Waals surface area contributed by atoms with Crippen LogP contribution < -0.4 is 5.56 Å². The van der Waals surface area contributed by atoms with E-state index in [1.807, 2.05) is 6.92 Å². The quantitative estimate of drug-likeness (QED) is 0.930. The first-order valence-electron chi connectivity index (χ1n) is 7.84. The average Bonchev–Trinajstić information content (AvgIpc) is 2.92. The Balaban J connectivity index is 1.83. The fourth-order valence-corrected chi connectivity index (χ4v) is 3.09. The summed E-state index contributed by atoms with van der Waals surface area (Å²) in [5.74, 6) is -0.650. The Morgan fingerprint density at radius 3 is 2.83 bits per heavy atom. The highest BCUT2D eigenvalue weighted by molar-refractivity contribution is 5.77. The largest absolute Gasteiger partial charge is 0.391 e. The molecule has 1 aromatic carbocycles. The molecular weight excluding hydrogens is 311 g/mol. The number of aryl methyl sites for hydroxylation is 1. The SMILES string of the molecule is Cc1ccn(CC(=O)N2C[C@H](O)C[C@@H]2c2cccc(F)c2)c(=O)c1. The van der Waals surface area contributed by atoms with E-state index in [0.717, 1.165) is 5.56 Å². The second-order valence-corrected chi connectivity index (χ2v) is 6.18. The van der Waals surface area contributed by atoms with Gasteiger partial charge in [0, 0.05) is 18.8 Å². The summed E-state index contributed by atoms with van der Waals surface area (Å²) in [5, 5.41) is 9.95. The summed E-state index contributed by atoms with van der Waals surface area (Å²) in [6.45, 7) is 1.89. The molecule has 0 unspecified atom stereocenters. The van der Waals surface area contributed by atoms with Crippen LogP contribution in [-0.2, 0) is 11.3 Å². The summed E-state index contributed by atoms with van der Waals surface area (Å²) in [4.78, 5) is 26.1. The lowest BCUT2D eigenvalue weighted by molar-refractivity contribution is -0.133. The van der Waals surface area contributed by atoms with Crippen molar-refractivity contribution in [3.8, 4) is 0 Å². The fraction of sp³-hybridized carbons (Fsp3) is 0.333. The molecule has 1 aliphatic heterocycles. The number of nitrogens with zero attached hydrogens (tertiary/aromatic N) is 2. The van der Waals surface area contributed by atoms with Crippen LogP contribution in [0, 0.1) is 12.7 Å². The number of halogens is 1. The first kappa shape index (κ1) is 16.4. The lowest BCUT2D eigenvalue weighted by atomic mass is 10.0. The maximum absolute atomic E-state index is 13.5. The third-order valence-electron chi connectivity index (χ3n) is 4.29. The van der Waals surface area contributed by atoms with Gasteiger partial charge in [0.05, 0.1) is 12.1 Å².